The number of fused-ring (bicyclic) bond motifs is 1. The number of hydrogen-bond acceptors (Lipinski definition) is 7. The number of aliphatic imine (C=N–C) groups is 1. The molecule has 5 rings (SSSR count). The van der Waals surface area contributed by atoms with E-state index in [1.165, 1.54) is 6.21 Å². The maximum atomic E-state index is 12.8. The number of hydrogen-bond donors (Lipinski definition) is 1. The van der Waals surface area contributed by atoms with Gasteiger partial charge in [-0.15, -0.1) is 0 Å². The van der Waals surface area contributed by atoms with Crippen LogP contribution in [0.25, 0.3) is 0 Å². The molecule has 0 bridgehead atoms. The van der Waals surface area contributed by atoms with Crippen molar-refractivity contribution in [1.29, 1.82) is 0 Å². The summed E-state index contributed by atoms with van der Waals surface area (Å²) < 4.78 is 0. The standard InChI is InChI=1S/C30H30ClN3O4/c1-19(28-29(37)23-4-2-3-5-24(23)30(28)38)34-14-12-33(13-15-34)11-10-32-18-25-26(35)16-21(17-27(25)36)20-6-8-22(31)9-7-20/h2-9,18,21,35H,10-17H2,1H3. The number of allylic oxidation sites excluding steroid dienone is 4. The minimum absolute atomic E-state index is 0.0596. The van der Waals surface area contributed by atoms with Crippen LogP contribution in [0, 0.1) is 0 Å². The van der Waals surface area contributed by atoms with Gasteiger partial charge in [-0.05, 0) is 30.5 Å². The number of aliphatic hydroxyl groups is 1. The summed E-state index contributed by atoms with van der Waals surface area (Å²) in [6.45, 7) is 6.08. The Balaban J connectivity index is 1.13. The molecule has 2 aliphatic carbocycles. The maximum Gasteiger partial charge on any atom is 0.199 e. The van der Waals surface area contributed by atoms with Crippen LogP contribution in [0.2, 0.25) is 5.02 Å². The summed E-state index contributed by atoms with van der Waals surface area (Å²) in [4.78, 5) is 47.1. The number of Topliss-reactive ketones (excluding diaryl/α,β-unsaturated/α-hetero) is 3. The summed E-state index contributed by atoms with van der Waals surface area (Å²) in [6.07, 6.45) is 2.25. The molecule has 3 aliphatic rings. The van der Waals surface area contributed by atoms with Crippen LogP contribution in [0.15, 0.2) is 76.1 Å². The van der Waals surface area contributed by atoms with Gasteiger partial charge in [0, 0.05) is 73.6 Å². The van der Waals surface area contributed by atoms with E-state index in [1.807, 2.05) is 19.1 Å². The average Bonchev–Trinajstić information content (AvgIpc) is 3.17. The first-order valence-electron chi connectivity index (χ1n) is 12.9. The Labute approximate surface area is 227 Å². The predicted octanol–water partition coefficient (Wildman–Crippen LogP) is 4.64. The number of aliphatic hydroxyl groups excluding tert-OH is 1. The van der Waals surface area contributed by atoms with E-state index in [0.29, 0.717) is 54.2 Å². The Bertz CT molecular complexity index is 1330. The van der Waals surface area contributed by atoms with Crippen LogP contribution in [-0.2, 0) is 4.79 Å². The molecular formula is C30H30ClN3O4. The molecule has 1 saturated heterocycles. The minimum atomic E-state index is -0.186. The molecule has 1 fully saturated rings. The predicted molar refractivity (Wildman–Crippen MR) is 147 cm³/mol. The summed E-state index contributed by atoms with van der Waals surface area (Å²) >= 11 is 5.96. The van der Waals surface area contributed by atoms with Crippen molar-refractivity contribution in [3.05, 3.63) is 92.8 Å². The van der Waals surface area contributed by atoms with E-state index in [2.05, 4.69) is 14.8 Å². The van der Waals surface area contributed by atoms with Crippen molar-refractivity contribution in [3.63, 3.8) is 0 Å². The van der Waals surface area contributed by atoms with Gasteiger partial charge < -0.3 is 10.0 Å². The van der Waals surface area contributed by atoms with Crippen molar-refractivity contribution >= 4 is 35.2 Å². The van der Waals surface area contributed by atoms with Crippen LogP contribution in [0.3, 0.4) is 0 Å². The van der Waals surface area contributed by atoms with Gasteiger partial charge in [-0.2, -0.15) is 0 Å². The maximum absolute atomic E-state index is 12.8. The molecule has 1 heterocycles. The van der Waals surface area contributed by atoms with Crippen molar-refractivity contribution in [2.75, 3.05) is 39.3 Å². The molecule has 1 atom stereocenters. The lowest BCUT2D eigenvalue weighted by molar-refractivity contribution is -0.116. The van der Waals surface area contributed by atoms with Crippen LogP contribution in [0.4, 0.5) is 0 Å². The van der Waals surface area contributed by atoms with Gasteiger partial charge in [0.25, 0.3) is 0 Å². The molecule has 2 aromatic carbocycles. The first-order valence-corrected chi connectivity index (χ1v) is 13.3. The summed E-state index contributed by atoms with van der Waals surface area (Å²) in [6, 6.07) is 14.4. The van der Waals surface area contributed by atoms with E-state index in [1.54, 1.807) is 36.4 Å². The quantitative estimate of drug-likeness (QED) is 0.332. The molecule has 0 amide bonds. The van der Waals surface area contributed by atoms with Gasteiger partial charge in [0.15, 0.2) is 17.3 Å². The van der Waals surface area contributed by atoms with Crippen LogP contribution in [0.5, 0.6) is 0 Å². The SMILES string of the molecule is CC(=C1C(=O)c2ccccc2C1=O)N1CCN(CCN=CC2=C(O)CC(c3ccc(Cl)cc3)CC2=O)CC1. The molecule has 0 saturated carbocycles. The molecule has 0 spiro atoms. The van der Waals surface area contributed by atoms with Gasteiger partial charge in [0.2, 0.25) is 0 Å². The van der Waals surface area contributed by atoms with Crippen molar-refractivity contribution in [2.24, 2.45) is 4.99 Å². The molecule has 1 unspecified atom stereocenters. The third kappa shape index (κ3) is 5.22. The van der Waals surface area contributed by atoms with Gasteiger partial charge in [0.1, 0.15) is 5.76 Å². The Morgan fingerprint density at radius 2 is 1.61 bits per heavy atom. The van der Waals surface area contributed by atoms with Gasteiger partial charge in [0.05, 0.1) is 17.7 Å². The highest BCUT2D eigenvalue weighted by atomic mass is 35.5. The zero-order chi connectivity index (χ0) is 26.8. The first-order chi connectivity index (χ1) is 18.3. The van der Waals surface area contributed by atoms with Crippen LogP contribution < -0.4 is 0 Å². The molecular weight excluding hydrogens is 502 g/mol. The second-order valence-electron chi connectivity index (χ2n) is 9.97. The molecule has 196 valence electrons. The van der Waals surface area contributed by atoms with Crippen molar-refractivity contribution < 1.29 is 19.5 Å². The topological polar surface area (TPSA) is 90.3 Å². The normalized spacial score (nSPS) is 20.6. The number of nitrogens with zero attached hydrogens (tertiary/aromatic N) is 3. The van der Waals surface area contributed by atoms with Crippen LogP contribution in [0.1, 0.15) is 52.0 Å². The number of carbonyl (C=O) groups is 3. The first kappa shape index (κ1) is 26.1. The minimum Gasteiger partial charge on any atom is -0.511 e. The number of benzene rings is 2. The monoisotopic (exact) mass is 531 g/mol. The number of piperazine rings is 1. The molecule has 2 aromatic rings. The van der Waals surface area contributed by atoms with E-state index >= 15 is 0 Å². The summed E-state index contributed by atoms with van der Waals surface area (Å²) in [5.41, 5.74) is 3.29. The zero-order valence-corrected chi connectivity index (χ0v) is 22.1. The van der Waals surface area contributed by atoms with Crippen molar-refractivity contribution in [1.82, 2.24) is 9.80 Å². The van der Waals surface area contributed by atoms with E-state index in [0.717, 1.165) is 30.9 Å². The molecule has 0 radical (unpaired) electrons. The largest absolute Gasteiger partial charge is 0.511 e. The molecule has 0 aromatic heterocycles. The third-order valence-corrected chi connectivity index (χ3v) is 7.92. The highest BCUT2D eigenvalue weighted by molar-refractivity contribution is 6.39. The zero-order valence-electron chi connectivity index (χ0n) is 21.3. The fourth-order valence-corrected chi connectivity index (χ4v) is 5.55. The van der Waals surface area contributed by atoms with Crippen LogP contribution in [-0.4, -0.2) is 77.7 Å². The fraction of sp³-hybridized carbons (Fsp3) is 0.333. The highest BCUT2D eigenvalue weighted by Crippen LogP contribution is 2.33. The third-order valence-electron chi connectivity index (χ3n) is 7.67. The lowest BCUT2D eigenvalue weighted by atomic mass is 9.83. The molecule has 1 aliphatic heterocycles. The van der Waals surface area contributed by atoms with Crippen LogP contribution >= 0.6 is 11.6 Å². The van der Waals surface area contributed by atoms with Gasteiger partial charge in [-0.25, -0.2) is 0 Å². The number of halogens is 1. The Kier molecular flexibility index (Phi) is 7.58. The summed E-state index contributed by atoms with van der Waals surface area (Å²) in [5, 5.41) is 11.2. The lowest BCUT2D eigenvalue weighted by Crippen LogP contribution is -2.46. The van der Waals surface area contributed by atoms with Crippen molar-refractivity contribution in [3.8, 4) is 0 Å². The Morgan fingerprint density at radius 1 is 0.974 bits per heavy atom. The van der Waals surface area contributed by atoms with E-state index in [4.69, 9.17) is 11.6 Å². The van der Waals surface area contributed by atoms with E-state index in [9.17, 15) is 19.5 Å². The molecule has 1 N–H and O–H groups in total. The highest BCUT2D eigenvalue weighted by Gasteiger charge is 2.36. The Morgan fingerprint density at radius 3 is 2.21 bits per heavy atom. The number of carbonyl (C=O) groups excluding carboxylic acids is 3. The summed E-state index contributed by atoms with van der Waals surface area (Å²) in [7, 11) is 0. The van der Waals surface area contributed by atoms with Gasteiger partial charge in [-0.1, -0.05) is 48.0 Å². The smallest absolute Gasteiger partial charge is 0.199 e. The van der Waals surface area contributed by atoms with E-state index in [-0.39, 0.29) is 34.6 Å². The average molecular weight is 532 g/mol. The van der Waals surface area contributed by atoms with Gasteiger partial charge >= 0.3 is 0 Å². The lowest BCUT2D eigenvalue weighted by Gasteiger charge is -2.36. The van der Waals surface area contributed by atoms with Gasteiger partial charge in [-0.3, -0.25) is 24.3 Å². The fourth-order valence-electron chi connectivity index (χ4n) is 5.43. The molecule has 7 nitrogen and oxygen atoms in total. The summed E-state index contributed by atoms with van der Waals surface area (Å²) in [5.74, 6) is -0.452. The molecule has 8 heteroatoms. The van der Waals surface area contributed by atoms with E-state index < -0.39 is 0 Å². The van der Waals surface area contributed by atoms with Crippen molar-refractivity contribution in [2.45, 2.75) is 25.7 Å². The second kappa shape index (κ2) is 11.1. The number of rotatable bonds is 6. The number of ketones is 3. The molecule has 38 heavy (non-hydrogen) atoms. The second-order valence-corrected chi connectivity index (χ2v) is 10.4. The Hall–Kier alpha value is -3.55.